The topological polar surface area (TPSA) is 89.8 Å². The number of nitrogens with one attached hydrogen (secondary N) is 4. The molecule has 6 nitrogen and oxygen atoms in total. The lowest BCUT2D eigenvalue weighted by Gasteiger charge is -2.00. The van der Waals surface area contributed by atoms with Crippen molar-refractivity contribution in [2.45, 2.75) is 33.2 Å². The molecule has 1 aliphatic rings. The molecule has 1 atom stereocenters. The Hall–Kier alpha value is -2.30. The zero-order chi connectivity index (χ0) is 14.7. The highest BCUT2D eigenvalue weighted by Gasteiger charge is 2.22. The summed E-state index contributed by atoms with van der Waals surface area (Å²) >= 11 is 0. The van der Waals surface area contributed by atoms with Crippen LogP contribution in [0.5, 0.6) is 0 Å². The summed E-state index contributed by atoms with van der Waals surface area (Å²) < 4.78 is 0. The van der Waals surface area contributed by atoms with E-state index in [1.807, 2.05) is 26.8 Å². The van der Waals surface area contributed by atoms with E-state index in [9.17, 15) is 9.59 Å². The Labute approximate surface area is 116 Å². The van der Waals surface area contributed by atoms with Gasteiger partial charge < -0.3 is 5.10 Å². The number of hydrogen-bond donors (Lipinski definition) is 4. The molecule has 2 heterocycles. The van der Waals surface area contributed by atoms with Crippen LogP contribution < -0.4 is 16.4 Å². The Morgan fingerprint density at radius 2 is 2.10 bits per heavy atom. The molecular weight excluding hydrogens is 256 g/mol. The number of aromatic nitrogens is 2. The molecule has 0 aliphatic carbocycles. The van der Waals surface area contributed by atoms with Crippen LogP contribution in [0, 0.1) is 6.92 Å². The zero-order valence-corrected chi connectivity index (χ0v) is 11.8. The lowest BCUT2D eigenvalue weighted by atomic mass is 10.1. The highest BCUT2D eigenvalue weighted by Crippen LogP contribution is 2.11. The summed E-state index contributed by atoms with van der Waals surface area (Å²) in [6.45, 7) is 5.65. The Morgan fingerprint density at radius 3 is 2.65 bits per heavy atom. The van der Waals surface area contributed by atoms with E-state index in [4.69, 9.17) is 0 Å². The predicted molar refractivity (Wildman–Crippen MR) is 76.8 cm³/mol. The van der Waals surface area contributed by atoms with Gasteiger partial charge in [-0.15, -0.1) is 5.73 Å². The zero-order valence-electron chi connectivity index (χ0n) is 11.8. The Morgan fingerprint density at radius 1 is 1.35 bits per heavy atom. The minimum absolute atomic E-state index is 0.00837. The van der Waals surface area contributed by atoms with Crippen LogP contribution in [-0.2, 0) is 4.79 Å². The van der Waals surface area contributed by atoms with Gasteiger partial charge in [-0.3, -0.25) is 20.1 Å². The van der Waals surface area contributed by atoms with Gasteiger partial charge in [-0.25, -0.2) is 5.43 Å². The summed E-state index contributed by atoms with van der Waals surface area (Å²) in [6.07, 6.45) is 4.16. The smallest absolute Gasteiger partial charge is 0.272 e. The number of aromatic amines is 2. The van der Waals surface area contributed by atoms with Crippen LogP contribution in [-0.4, -0.2) is 22.1 Å². The van der Waals surface area contributed by atoms with Gasteiger partial charge in [-0.2, -0.15) is 0 Å². The molecule has 0 bridgehead atoms. The van der Waals surface area contributed by atoms with Crippen LogP contribution >= 0.6 is 0 Å². The maximum atomic E-state index is 11.5. The minimum Gasteiger partial charge on any atom is -0.302 e. The summed E-state index contributed by atoms with van der Waals surface area (Å²) in [6, 6.07) is 0.00837. The quantitative estimate of drug-likeness (QED) is 0.488. The molecule has 1 aromatic heterocycles. The number of amides is 1. The fraction of sp³-hybridized carbons (Fsp3) is 0.357. The van der Waals surface area contributed by atoms with Crippen molar-refractivity contribution in [1.82, 2.24) is 21.0 Å². The van der Waals surface area contributed by atoms with Crippen molar-refractivity contribution < 1.29 is 4.79 Å². The van der Waals surface area contributed by atoms with Crippen molar-refractivity contribution in [3.8, 4) is 0 Å². The van der Waals surface area contributed by atoms with Crippen LogP contribution in [0.25, 0.3) is 6.08 Å². The molecule has 1 unspecified atom stereocenters. The standard InChI is InChI=1S/C14H18N4O2/c1-8(4-6-11-9(2)15-17-13(11)19)5-7-12-10(3)16-18-14(12)20/h6-7,9,15H,4H2,1-3H3,(H,17,19)(H2,16,18,20). The normalized spacial score (nSPS) is 19.9. The van der Waals surface area contributed by atoms with Crippen molar-refractivity contribution in [2.75, 3.05) is 0 Å². The van der Waals surface area contributed by atoms with E-state index in [0.717, 1.165) is 16.8 Å². The van der Waals surface area contributed by atoms with Gasteiger partial charge >= 0.3 is 0 Å². The number of hydrogen-bond acceptors (Lipinski definition) is 3. The van der Waals surface area contributed by atoms with Crippen molar-refractivity contribution in [2.24, 2.45) is 0 Å². The SMILES string of the molecule is CC(=C=Cc1c(C)[nH][nH]c1=O)CC=C1C(=O)NNC1C. The number of carbonyl (C=O) groups excluding carboxylic acids is 1. The molecule has 0 spiro atoms. The summed E-state index contributed by atoms with van der Waals surface area (Å²) in [4.78, 5) is 23.0. The number of H-pyrrole nitrogens is 2. The summed E-state index contributed by atoms with van der Waals surface area (Å²) in [5, 5.41) is 5.27. The number of aryl methyl sites for hydroxylation is 1. The monoisotopic (exact) mass is 274 g/mol. The Balaban J connectivity index is 2.14. The molecule has 1 aromatic rings. The second-order valence-electron chi connectivity index (χ2n) is 4.87. The summed E-state index contributed by atoms with van der Waals surface area (Å²) in [5.74, 6) is -0.0906. The van der Waals surface area contributed by atoms with Crippen molar-refractivity contribution in [3.63, 3.8) is 0 Å². The molecule has 1 aliphatic heterocycles. The molecule has 0 aromatic carbocycles. The third kappa shape index (κ3) is 2.99. The van der Waals surface area contributed by atoms with Gasteiger partial charge in [0.25, 0.3) is 11.5 Å². The minimum atomic E-state index is -0.158. The van der Waals surface area contributed by atoms with Gasteiger partial charge in [-0.05, 0) is 38.8 Å². The van der Waals surface area contributed by atoms with E-state index in [2.05, 4.69) is 26.8 Å². The van der Waals surface area contributed by atoms with Gasteiger partial charge in [0.05, 0.1) is 11.6 Å². The van der Waals surface area contributed by atoms with Crippen molar-refractivity contribution in [3.05, 3.63) is 44.6 Å². The maximum absolute atomic E-state index is 11.5. The number of carbonyl (C=O) groups is 1. The molecule has 0 saturated carbocycles. The Kier molecular flexibility index (Phi) is 4.08. The predicted octanol–water partition coefficient (Wildman–Crippen LogP) is 0.909. The van der Waals surface area contributed by atoms with E-state index < -0.39 is 0 Å². The lowest BCUT2D eigenvalue weighted by molar-refractivity contribution is -0.116. The number of hydrazine groups is 1. The maximum Gasteiger partial charge on any atom is 0.272 e. The molecule has 106 valence electrons. The van der Waals surface area contributed by atoms with Gasteiger partial charge in [0, 0.05) is 11.3 Å². The largest absolute Gasteiger partial charge is 0.302 e. The third-order valence-electron chi connectivity index (χ3n) is 3.23. The molecule has 2 rings (SSSR count). The first-order valence-electron chi connectivity index (χ1n) is 6.44. The third-order valence-corrected chi connectivity index (χ3v) is 3.23. The number of allylic oxidation sites excluding steroid dienone is 2. The fourth-order valence-corrected chi connectivity index (χ4v) is 1.94. The molecule has 1 saturated heterocycles. The van der Waals surface area contributed by atoms with Crippen molar-refractivity contribution in [1.29, 1.82) is 0 Å². The molecule has 4 N–H and O–H groups in total. The van der Waals surface area contributed by atoms with Gasteiger partial charge in [-0.1, -0.05) is 6.08 Å². The lowest BCUT2D eigenvalue weighted by Crippen LogP contribution is -2.29. The highest BCUT2D eigenvalue weighted by atomic mass is 16.2. The summed E-state index contributed by atoms with van der Waals surface area (Å²) in [7, 11) is 0. The molecule has 20 heavy (non-hydrogen) atoms. The van der Waals surface area contributed by atoms with Crippen LogP contribution in [0.4, 0.5) is 0 Å². The first-order valence-corrected chi connectivity index (χ1v) is 6.44. The molecule has 1 fully saturated rings. The molecular formula is C14H18N4O2. The van der Waals surface area contributed by atoms with Gasteiger partial charge in [0.15, 0.2) is 0 Å². The molecule has 0 radical (unpaired) electrons. The van der Waals surface area contributed by atoms with E-state index in [0.29, 0.717) is 12.0 Å². The number of rotatable bonds is 3. The van der Waals surface area contributed by atoms with E-state index >= 15 is 0 Å². The van der Waals surface area contributed by atoms with E-state index in [-0.39, 0.29) is 17.5 Å². The van der Waals surface area contributed by atoms with Crippen molar-refractivity contribution >= 4 is 12.0 Å². The van der Waals surface area contributed by atoms with E-state index in [1.165, 1.54) is 0 Å². The second kappa shape index (κ2) is 5.77. The summed E-state index contributed by atoms with van der Waals surface area (Å²) in [5.41, 5.74) is 11.4. The average molecular weight is 274 g/mol. The van der Waals surface area contributed by atoms with Crippen LogP contribution in [0.1, 0.15) is 31.5 Å². The van der Waals surface area contributed by atoms with Crippen LogP contribution in [0.3, 0.4) is 0 Å². The van der Waals surface area contributed by atoms with Gasteiger partial charge in [0.2, 0.25) is 0 Å². The molecule has 6 heteroatoms. The fourth-order valence-electron chi connectivity index (χ4n) is 1.94. The van der Waals surface area contributed by atoms with E-state index in [1.54, 1.807) is 6.08 Å². The first kappa shape index (κ1) is 14.1. The first-order chi connectivity index (χ1) is 9.49. The second-order valence-corrected chi connectivity index (χ2v) is 4.87. The van der Waals surface area contributed by atoms with Gasteiger partial charge in [0.1, 0.15) is 0 Å². The highest BCUT2D eigenvalue weighted by molar-refractivity contribution is 5.96. The van der Waals surface area contributed by atoms with Crippen LogP contribution in [0.15, 0.2) is 27.7 Å². The van der Waals surface area contributed by atoms with Crippen LogP contribution in [0.2, 0.25) is 0 Å². The molecule has 1 amide bonds. The average Bonchev–Trinajstić information content (AvgIpc) is 2.89. The Bertz CT molecular complexity index is 672.